The third-order valence-electron chi connectivity index (χ3n) is 1.41. The standard InChI is InChI=1S/C7H17NO/c1-4-5-7(8-2)6-9-3/h7-8H,4-6H2,1-3H3/t7-/m0/s1. The molecule has 0 aliphatic heterocycles. The van der Waals surface area contributed by atoms with Gasteiger partial charge in [-0.2, -0.15) is 0 Å². The van der Waals surface area contributed by atoms with Gasteiger partial charge in [0.25, 0.3) is 0 Å². The maximum Gasteiger partial charge on any atom is 0.0615 e. The predicted octanol–water partition coefficient (Wildman–Crippen LogP) is 1.02. The Morgan fingerprint density at radius 3 is 2.56 bits per heavy atom. The van der Waals surface area contributed by atoms with Crippen LogP contribution in [0.25, 0.3) is 0 Å². The van der Waals surface area contributed by atoms with Crippen LogP contribution < -0.4 is 5.32 Å². The first-order valence-corrected chi connectivity index (χ1v) is 3.51. The Hall–Kier alpha value is -0.0800. The molecule has 2 heteroatoms. The van der Waals surface area contributed by atoms with Crippen molar-refractivity contribution in [3.05, 3.63) is 0 Å². The molecule has 0 rings (SSSR count). The molecule has 0 unspecified atom stereocenters. The number of hydrogen-bond donors (Lipinski definition) is 1. The molecule has 0 saturated heterocycles. The van der Waals surface area contributed by atoms with Gasteiger partial charge in [0.2, 0.25) is 0 Å². The molecule has 0 fully saturated rings. The molecule has 0 spiro atoms. The normalized spacial score (nSPS) is 13.7. The lowest BCUT2D eigenvalue weighted by Crippen LogP contribution is -2.29. The maximum absolute atomic E-state index is 4.98. The summed E-state index contributed by atoms with van der Waals surface area (Å²) in [6.07, 6.45) is 2.42. The molecule has 0 radical (unpaired) electrons. The molecule has 0 aliphatic carbocycles. The summed E-state index contributed by atoms with van der Waals surface area (Å²) in [5.74, 6) is 0. The van der Waals surface area contributed by atoms with Crippen molar-refractivity contribution in [1.29, 1.82) is 0 Å². The van der Waals surface area contributed by atoms with Crippen LogP contribution in [-0.4, -0.2) is 26.8 Å². The van der Waals surface area contributed by atoms with Crippen molar-refractivity contribution >= 4 is 0 Å². The van der Waals surface area contributed by atoms with E-state index in [0.717, 1.165) is 6.61 Å². The van der Waals surface area contributed by atoms with Gasteiger partial charge in [-0.25, -0.2) is 0 Å². The van der Waals surface area contributed by atoms with Crippen LogP contribution in [0.4, 0.5) is 0 Å². The summed E-state index contributed by atoms with van der Waals surface area (Å²) in [7, 11) is 3.71. The molecule has 1 atom stereocenters. The number of rotatable bonds is 5. The summed E-state index contributed by atoms with van der Waals surface area (Å²) in [5, 5.41) is 3.18. The van der Waals surface area contributed by atoms with E-state index in [1.54, 1.807) is 7.11 Å². The fraction of sp³-hybridized carbons (Fsp3) is 1.00. The number of likely N-dealkylation sites (N-methyl/N-ethyl adjacent to an activating group) is 1. The second-order valence-corrected chi connectivity index (χ2v) is 2.23. The lowest BCUT2D eigenvalue weighted by molar-refractivity contribution is 0.165. The third-order valence-corrected chi connectivity index (χ3v) is 1.41. The topological polar surface area (TPSA) is 21.3 Å². The average Bonchev–Trinajstić information content (AvgIpc) is 1.88. The molecule has 2 nitrogen and oxygen atoms in total. The van der Waals surface area contributed by atoms with Crippen LogP contribution in [0.3, 0.4) is 0 Å². The molecule has 0 aromatic carbocycles. The summed E-state index contributed by atoms with van der Waals surface area (Å²) >= 11 is 0. The van der Waals surface area contributed by atoms with Gasteiger partial charge in [-0.3, -0.25) is 0 Å². The Kier molecular flexibility index (Phi) is 5.99. The van der Waals surface area contributed by atoms with Gasteiger partial charge in [-0.15, -0.1) is 0 Å². The smallest absolute Gasteiger partial charge is 0.0615 e. The maximum atomic E-state index is 4.98. The quantitative estimate of drug-likeness (QED) is 0.601. The minimum absolute atomic E-state index is 0.542. The number of ether oxygens (including phenoxy) is 1. The third kappa shape index (κ3) is 4.43. The Balaban J connectivity index is 3.18. The average molecular weight is 131 g/mol. The first-order chi connectivity index (χ1) is 4.35. The van der Waals surface area contributed by atoms with Crippen LogP contribution in [-0.2, 0) is 4.74 Å². The van der Waals surface area contributed by atoms with Crippen molar-refractivity contribution in [2.24, 2.45) is 0 Å². The van der Waals surface area contributed by atoms with Gasteiger partial charge in [-0.05, 0) is 13.5 Å². The fourth-order valence-electron chi connectivity index (χ4n) is 0.861. The van der Waals surface area contributed by atoms with E-state index in [-0.39, 0.29) is 0 Å². The van der Waals surface area contributed by atoms with E-state index in [9.17, 15) is 0 Å². The van der Waals surface area contributed by atoms with E-state index >= 15 is 0 Å². The zero-order chi connectivity index (χ0) is 7.11. The first-order valence-electron chi connectivity index (χ1n) is 3.51. The summed E-state index contributed by atoms with van der Waals surface area (Å²) < 4.78 is 4.98. The molecule has 0 heterocycles. The lowest BCUT2D eigenvalue weighted by atomic mass is 10.2. The Morgan fingerprint density at radius 1 is 1.56 bits per heavy atom. The fourth-order valence-corrected chi connectivity index (χ4v) is 0.861. The van der Waals surface area contributed by atoms with Crippen LogP contribution >= 0.6 is 0 Å². The molecule has 56 valence electrons. The van der Waals surface area contributed by atoms with Gasteiger partial charge in [-0.1, -0.05) is 13.3 Å². The molecule has 0 aromatic rings. The predicted molar refractivity (Wildman–Crippen MR) is 39.6 cm³/mol. The second kappa shape index (κ2) is 6.05. The summed E-state index contributed by atoms with van der Waals surface area (Å²) in [6.45, 7) is 3.00. The molecular weight excluding hydrogens is 114 g/mol. The van der Waals surface area contributed by atoms with Gasteiger partial charge in [0.1, 0.15) is 0 Å². The molecule has 9 heavy (non-hydrogen) atoms. The molecular formula is C7H17NO. The van der Waals surface area contributed by atoms with E-state index < -0.39 is 0 Å². The van der Waals surface area contributed by atoms with Crippen LogP contribution in [0.5, 0.6) is 0 Å². The molecule has 1 N–H and O–H groups in total. The van der Waals surface area contributed by atoms with Crippen molar-refractivity contribution in [2.75, 3.05) is 20.8 Å². The van der Waals surface area contributed by atoms with Crippen LogP contribution in [0.2, 0.25) is 0 Å². The second-order valence-electron chi connectivity index (χ2n) is 2.23. The zero-order valence-electron chi connectivity index (χ0n) is 6.61. The number of methoxy groups -OCH3 is 1. The number of nitrogens with one attached hydrogen (secondary N) is 1. The van der Waals surface area contributed by atoms with E-state index in [1.165, 1.54) is 12.8 Å². The molecule has 0 bridgehead atoms. The largest absolute Gasteiger partial charge is 0.383 e. The van der Waals surface area contributed by atoms with Gasteiger partial charge < -0.3 is 10.1 Å². The highest BCUT2D eigenvalue weighted by atomic mass is 16.5. The summed E-state index contributed by atoms with van der Waals surface area (Å²) in [5.41, 5.74) is 0. The first kappa shape index (κ1) is 8.92. The molecule has 0 saturated carbocycles. The van der Waals surface area contributed by atoms with Gasteiger partial charge >= 0.3 is 0 Å². The zero-order valence-corrected chi connectivity index (χ0v) is 6.61. The van der Waals surface area contributed by atoms with Crippen molar-refractivity contribution in [3.8, 4) is 0 Å². The van der Waals surface area contributed by atoms with E-state index in [2.05, 4.69) is 12.2 Å². The van der Waals surface area contributed by atoms with Gasteiger partial charge in [0, 0.05) is 13.2 Å². The van der Waals surface area contributed by atoms with E-state index in [4.69, 9.17) is 4.74 Å². The van der Waals surface area contributed by atoms with E-state index in [1.807, 2.05) is 7.05 Å². The molecule has 0 amide bonds. The van der Waals surface area contributed by atoms with Crippen molar-refractivity contribution in [3.63, 3.8) is 0 Å². The van der Waals surface area contributed by atoms with Crippen LogP contribution in [0.1, 0.15) is 19.8 Å². The Labute approximate surface area is 57.6 Å². The van der Waals surface area contributed by atoms with Crippen LogP contribution in [0, 0.1) is 0 Å². The van der Waals surface area contributed by atoms with E-state index in [0.29, 0.717) is 6.04 Å². The number of hydrogen-bond acceptors (Lipinski definition) is 2. The lowest BCUT2D eigenvalue weighted by Gasteiger charge is -2.12. The Morgan fingerprint density at radius 2 is 2.22 bits per heavy atom. The van der Waals surface area contributed by atoms with Crippen molar-refractivity contribution in [1.82, 2.24) is 5.32 Å². The highest BCUT2D eigenvalue weighted by Gasteiger charge is 2.01. The summed E-state index contributed by atoms with van der Waals surface area (Å²) in [4.78, 5) is 0. The SMILES string of the molecule is CCC[C@@H](COC)NC. The molecule has 0 aliphatic rings. The van der Waals surface area contributed by atoms with Gasteiger partial charge in [0.05, 0.1) is 6.61 Å². The Bertz CT molecular complexity index is 50.9. The van der Waals surface area contributed by atoms with Crippen molar-refractivity contribution < 1.29 is 4.74 Å². The highest BCUT2D eigenvalue weighted by molar-refractivity contribution is 4.60. The molecule has 0 aromatic heterocycles. The highest BCUT2D eigenvalue weighted by Crippen LogP contribution is 1.94. The van der Waals surface area contributed by atoms with Crippen molar-refractivity contribution in [2.45, 2.75) is 25.8 Å². The monoisotopic (exact) mass is 131 g/mol. The minimum Gasteiger partial charge on any atom is -0.383 e. The minimum atomic E-state index is 0.542. The van der Waals surface area contributed by atoms with Crippen LogP contribution in [0.15, 0.2) is 0 Å². The van der Waals surface area contributed by atoms with Gasteiger partial charge in [0.15, 0.2) is 0 Å². The summed E-state index contributed by atoms with van der Waals surface area (Å²) in [6, 6.07) is 0.542.